The van der Waals surface area contributed by atoms with Gasteiger partial charge in [0.25, 0.3) is 0 Å². The van der Waals surface area contributed by atoms with Crippen LogP contribution in [0.2, 0.25) is 0 Å². The summed E-state index contributed by atoms with van der Waals surface area (Å²) in [5, 5.41) is 15.1. The Morgan fingerprint density at radius 2 is 1.16 bits per heavy atom. The minimum atomic E-state index is -1.04. The Morgan fingerprint density at radius 1 is 0.628 bits per heavy atom. The van der Waals surface area contributed by atoms with Crippen LogP contribution in [0.3, 0.4) is 0 Å². The minimum absolute atomic E-state index is 0.0437. The molecule has 0 saturated carbocycles. The number of hydrogen-bond donors (Lipinski definition) is 3. The maximum Gasteiger partial charge on any atom is 0.408 e. The van der Waals surface area contributed by atoms with Gasteiger partial charge in [-0.1, -0.05) is 103 Å². The number of nitrogens with one attached hydrogen (secondary N) is 2. The van der Waals surface area contributed by atoms with Crippen LogP contribution in [0, 0.1) is 0 Å². The molecule has 0 aliphatic heterocycles. The molecule has 0 bridgehead atoms. The predicted octanol–water partition coefficient (Wildman–Crippen LogP) is 5.39. The number of benzene rings is 4. The van der Waals surface area contributed by atoms with Crippen molar-refractivity contribution < 1.29 is 29.0 Å². The molecule has 43 heavy (non-hydrogen) atoms. The van der Waals surface area contributed by atoms with Gasteiger partial charge in [0.2, 0.25) is 5.91 Å². The number of rotatable bonds is 14. The second-order valence-corrected chi connectivity index (χ2v) is 10.8. The molecule has 4 aromatic carbocycles. The first-order valence-electron chi connectivity index (χ1n) is 13.8. The number of esters is 1. The second kappa shape index (κ2) is 16.6. The summed E-state index contributed by atoms with van der Waals surface area (Å²) in [6.07, 6.45) is -0.617. The molecule has 0 fully saturated rings. The maximum absolute atomic E-state index is 13.6. The molecule has 9 heteroatoms. The van der Waals surface area contributed by atoms with Crippen LogP contribution < -0.4 is 10.6 Å². The van der Waals surface area contributed by atoms with Gasteiger partial charge >= 0.3 is 12.1 Å². The Labute approximate surface area is 255 Å². The molecular formula is C34H34N2O6S. The van der Waals surface area contributed by atoms with Crippen molar-refractivity contribution in [2.24, 2.45) is 0 Å². The molecule has 2 amide bonds. The van der Waals surface area contributed by atoms with E-state index in [1.807, 2.05) is 91.0 Å². The van der Waals surface area contributed by atoms with Gasteiger partial charge in [0, 0.05) is 17.9 Å². The lowest BCUT2D eigenvalue weighted by Gasteiger charge is -2.23. The third-order valence-corrected chi connectivity index (χ3v) is 7.52. The van der Waals surface area contributed by atoms with E-state index in [1.165, 1.54) is 23.9 Å². The third kappa shape index (κ3) is 10.9. The van der Waals surface area contributed by atoms with Gasteiger partial charge in [-0.05, 0) is 34.4 Å². The van der Waals surface area contributed by atoms with Gasteiger partial charge in [-0.15, -0.1) is 0 Å². The highest BCUT2D eigenvalue weighted by Gasteiger charge is 2.28. The molecule has 0 aromatic heterocycles. The zero-order valence-corrected chi connectivity index (χ0v) is 24.4. The van der Waals surface area contributed by atoms with Crippen molar-refractivity contribution in [1.29, 1.82) is 0 Å². The normalized spacial score (nSPS) is 12.0. The third-order valence-electron chi connectivity index (χ3n) is 6.42. The van der Waals surface area contributed by atoms with E-state index in [4.69, 9.17) is 9.47 Å². The quantitative estimate of drug-likeness (QED) is 0.167. The lowest BCUT2D eigenvalue weighted by atomic mass is 10.1. The number of hydrogen-bond acceptors (Lipinski definition) is 7. The summed E-state index contributed by atoms with van der Waals surface area (Å²) in [4.78, 5) is 39.5. The van der Waals surface area contributed by atoms with Gasteiger partial charge in [0.15, 0.2) is 0 Å². The highest BCUT2D eigenvalue weighted by Crippen LogP contribution is 2.15. The van der Waals surface area contributed by atoms with Gasteiger partial charge in [-0.25, -0.2) is 9.59 Å². The molecule has 0 heterocycles. The second-order valence-electron chi connectivity index (χ2n) is 9.78. The van der Waals surface area contributed by atoms with Crippen molar-refractivity contribution in [3.63, 3.8) is 0 Å². The fourth-order valence-corrected chi connectivity index (χ4v) is 5.14. The van der Waals surface area contributed by atoms with Crippen LogP contribution >= 0.6 is 11.8 Å². The van der Waals surface area contributed by atoms with Crippen molar-refractivity contribution in [3.05, 3.63) is 138 Å². The van der Waals surface area contributed by atoms with Crippen molar-refractivity contribution in [3.8, 4) is 5.75 Å². The first-order valence-corrected chi connectivity index (χ1v) is 15.0. The molecule has 2 atom stereocenters. The molecule has 0 radical (unpaired) electrons. The highest BCUT2D eigenvalue weighted by molar-refractivity contribution is 7.98. The van der Waals surface area contributed by atoms with Gasteiger partial charge in [0.05, 0.1) is 0 Å². The van der Waals surface area contributed by atoms with Crippen LogP contribution in [0.1, 0.15) is 22.3 Å². The predicted molar refractivity (Wildman–Crippen MR) is 166 cm³/mol. The SMILES string of the molecule is O=C(NC(CSCc1ccccc1)C(=O)NC(Cc1ccc(O)cc1)C(=O)OCc1ccccc1)OCc1ccccc1. The number of alkyl carbamates (subject to hydrolysis) is 1. The Balaban J connectivity index is 1.45. The zero-order valence-electron chi connectivity index (χ0n) is 23.6. The van der Waals surface area contributed by atoms with Crippen LogP contribution in [-0.4, -0.2) is 40.9 Å². The summed E-state index contributed by atoms with van der Waals surface area (Å²) in [6, 6.07) is 32.6. The molecule has 0 aliphatic carbocycles. The summed E-state index contributed by atoms with van der Waals surface area (Å²) in [6.45, 7) is 0.0928. The molecule has 2 unspecified atom stereocenters. The van der Waals surface area contributed by atoms with Crippen LogP contribution in [0.25, 0.3) is 0 Å². The first kappa shape index (κ1) is 31.2. The van der Waals surface area contributed by atoms with E-state index < -0.39 is 30.1 Å². The van der Waals surface area contributed by atoms with Crippen LogP contribution in [0.5, 0.6) is 5.75 Å². The smallest absolute Gasteiger partial charge is 0.408 e. The molecule has 8 nitrogen and oxygen atoms in total. The summed E-state index contributed by atoms with van der Waals surface area (Å²) < 4.78 is 10.9. The number of phenols is 1. The fourth-order valence-electron chi connectivity index (χ4n) is 4.12. The summed E-state index contributed by atoms with van der Waals surface area (Å²) in [7, 11) is 0. The number of amides is 2. The van der Waals surface area contributed by atoms with Crippen molar-refractivity contribution in [2.75, 3.05) is 5.75 Å². The van der Waals surface area contributed by atoms with Gasteiger partial charge in [-0.3, -0.25) is 4.79 Å². The number of carbonyl (C=O) groups is 3. The van der Waals surface area contributed by atoms with E-state index in [0.717, 1.165) is 16.7 Å². The molecule has 3 N–H and O–H groups in total. The number of carbonyl (C=O) groups excluding carboxylic acids is 3. The van der Waals surface area contributed by atoms with E-state index in [0.29, 0.717) is 11.3 Å². The maximum atomic E-state index is 13.6. The van der Waals surface area contributed by atoms with E-state index in [1.54, 1.807) is 12.1 Å². The van der Waals surface area contributed by atoms with Crippen molar-refractivity contribution in [1.82, 2.24) is 10.6 Å². The topological polar surface area (TPSA) is 114 Å². The van der Waals surface area contributed by atoms with Gasteiger partial charge in [-0.2, -0.15) is 11.8 Å². The monoisotopic (exact) mass is 598 g/mol. The molecule has 0 aliphatic rings. The zero-order chi connectivity index (χ0) is 30.3. The summed E-state index contributed by atoms with van der Waals surface area (Å²) >= 11 is 1.47. The number of aromatic hydroxyl groups is 1. The van der Waals surface area contributed by atoms with E-state index >= 15 is 0 Å². The van der Waals surface area contributed by atoms with Gasteiger partial charge < -0.3 is 25.2 Å². The first-order chi connectivity index (χ1) is 21.0. The average Bonchev–Trinajstić information content (AvgIpc) is 3.04. The fraction of sp³-hybridized carbons (Fsp3) is 0.206. The highest BCUT2D eigenvalue weighted by atomic mass is 32.2. The molecule has 4 rings (SSSR count). The Bertz CT molecular complexity index is 1440. The van der Waals surface area contributed by atoms with E-state index in [9.17, 15) is 19.5 Å². The summed E-state index contributed by atoms with van der Waals surface area (Å²) in [5.41, 5.74) is 3.41. The van der Waals surface area contributed by atoms with Crippen molar-refractivity contribution in [2.45, 2.75) is 37.5 Å². The number of phenolic OH excluding ortho intramolecular Hbond substituents is 1. The number of ether oxygens (including phenoxy) is 2. The average molecular weight is 599 g/mol. The standard InChI is InChI=1S/C34H34N2O6S/c37-29-18-16-25(17-19-29)20-30(33(39)41-21-26-10-4-1-5-11-26)35-32(38)31(24-43-23-28-14-8-3-9-15-28)36-34(40)42-22-27-12-6-2-7-13-27/h1-19,30-31,37H,20-24H2,(H,35,38)(H,36,40). The summed E-state index contributed by atoms with van der Waals surface area (Å²) in [5.74, 6) is -0.205. The van der Waals surface area contributed by atoms with Crippen LogP contribution in [0.15, 0.2) is 115 Å². The Kier molecular flexibility index (Phi) is 12.1. The van der Waals surface area contributed by atoms with E-state index in [2.05, 4.69) is 10.6 Å². The lowest BCUT2D eigenvalue weighted by Crippen LogP contribution is -2.53. The van der Waals surface area contributed by atoms with Crippen molar-refractivity contribution >= 4 is 29.7 Å². The number of thioether (sulfide) groups is 1. The largest absolute Gasteiger partial charge is 0.508 e. The Hall–Kier alpha value is -4.76. The Morgan fingerprint density at radius 3 is 1.74 bits per heavy atom. The van der Waals surface area contributed by atoms with Crippen LogP contribution in [-0.2, 0) is 44.5 Å². The minimum Gasteiger partial charge on any atom is -0.508 e. The molecule has 4 aromatic rings. The molecule has 0 saturated heterocycles. The van der Waals surface area contributed by atoms with E-state index in [-0.39, 0.29) is 31.1 Å². The molecule has 222 valence electrons. The molecule has 0 spiro atoms. The van der Waals surface area contributed by atoms with Crippen LogP contribution in [0.4, 0.5) is 4.79 Å². The lowest BCUT2D eigenvalue weighted by molar-refractivity contribution is -0.149. The molecular weight excluding hydrogens is 564 g/mol. The van der Waals surface area contributed by atoms with Gasteiger partial charge in [0.1, 0.15) is 31.0 Å².